The Morgan fingerprint density at radius 3 is 2.25 bits per heavy atom. The number of benzene rings is 2. The molecular weight excluding hydrogens is 341 g/mol. The summed E-state index contributed by atoms with van der Waals surface area (Å²) in [5.74, 6) is 0.125. The number of aryl methyl sites for hydroxylation is 2. The molecule has 2 nitrogen and oxygen atoms in total. The summed E-state index contributed by atoms with van der Waals surface area (Å²) in [7, 11) is 1.82. The van der Waals surface area contributed by atoms with Gasteiger partial charge in [0.1, 0.15) is 0 Å². The largest absolute Gasteiger partial charge is 0.341 e. The highest BCUT2D eigenvalue weighted by molar-refractivity contribution is 6.42. The predicted molar refractivity (Wildman–Crippen MR) is 102 cm³/mol. The van der Waals surface area contributed by atoms with Crippen LogP contribution in [0, 0.1) is 20.8 Å². The van der Waals surface area contributed by atoms with Crippen molar-refractivity contribution < 1.29 is 4.79 Å². The van der Waals surface area contributed by atoms with Crippen molar-refractivity contribution >= 4 is 29.1 Å². The highest BCUT2D eigenvalue weighted by atomic mass is 35.5. The monoisotopic (exact) mass is 362 g/mol. The summed E-state index contributed by atoms with van der Waals surface area (Å²) in [4.78, 5) is 14.5. The summed E-state index contributed by atoms with van der Waals surface area (Å²) in [5, 5.41) is 1.05. The van der Waals surface area contributed by atoms with Gasteiger partial charge < -0.3 is 4.90 Å². The maximum absolute atomic E-state index is 12.7. The normalized spacial score (nSPS) is 12.1. The van der Waals surface area contributed by atoms with E-state index in [0.29, 0.717) is 28.6 Å². The third-order valence-electron chi connectivity index (χ3n) is 4.07. The van der Waals surface area contributed by atoms with Crippen LogP contribution in [-0.2, 0) is 0 Å². The Morgan fingerprint density at radius 1 is 1.08 bits per heavy atom. The fourth-order valence-corrected chi connectivity index (χ4v) is 3.17. The summed E-state index contributed by atoms with van der Waals surface area (Å²) < 4.78 is 0. The zero-order valence-electron chi connectivity index (χ0n) is 14.3. The van der Waals surface area contributed by atoms with Gasteiger partial charge in [-0.3, -0.25) is 4.79 Å². The van der Waals surface area contributed by atoms with Gasteiger partial charge in [-0.2, -0.15) is 0 Å². The molecule has 1 amide bonds. The SMILES string of the molecule is [CH2]C[C@H](CN(C)C(=O)c1cc(C)cc(C)c1)c1ccc(Cl)c(Cl)c1. The van der Waals surface area contributed by atoms with E-state index in [1.54, 1.807) is 11.0 Å². The molecular formula is C20H22Cl2NO. The molecule has 0 aliphatic heterocycles. The van der Waals surface area contributed by atoms with Crippen molar-refractivity contribution in [3.8, 4) is 0 Å². The van der Waals surface area contributed by atoms with Crippen LogP contribution in [0.5, 0.6) is 0 Å². The smallest absolute Gasteiger partial charge is 0.253 e. The lowest BCUT2D eigenvalue weighted by atomic mass is 9.95. The van der Waals surface area contributed by atoms with Gasteiger partial charge in [-0.05, 0) is 50.1 Å². The van der Waals surface area contributed by atoms with Gasteiger partial charge in [-0.15, -0.1) is 0 Å². The number of rotatable bonds is 5. The number of hydrogen-bond donors (Lipinski definition) is 0. The first-order chi connectivity index (χ1) is 11.3. The first-order valence-electron chi connectivity index (χ1n) is 7.89. The van der Waals surface area contributed by atoms with Crippen molar-refractivity contribution in [2.45, 2.75) is 26.2 Å². The maximum atomic E-state index is 12.7. The number of carbonyl (C=O) groups excluding carboxylic acids is 1. The number of amides is 1. The van der Waals surface area contributed by atoms with Crippen LogP contribution >= 0.6 is 23.2 Å². The van der Waals surface area contributed by atoms with E-state index >= 15 is 0 Å². The zero-order valence-corrected chi connectivity index (χ0v) is 15.8. The van der Waals surface area contributed by atoms with Crippen LogP contribution in [0.4, 0.5) is 0 Å². The Balaban J connectivity index is 2.17. The quantitative estimate of drug-likeness (QED) is 0.668. The predicted octanol–water partition coefficient (Wildman–Crippen LogP) is 5.69. The minimum absolute atomic E-state index is 0.0142. The number of carbonyl (C=O) groups is 1. The zero-order chi connectivity index (χ0) is 17.9. The van der Waals surface area contributed by atoms with Crippen LogP contribution in [0.1, 0.15) is 39.4 Å². The summed E-state index contributed by atoms with van der Waals surface area (Å²) in [6.45, 7) is 8.59. The summed E-state index contributed by atoms with van der Waals surface area (Å²) in [6, 6.07) is 11.5. The van der Waals surface area contributed by atoms with E-state index < -0.39 is 0 Å². The fourth-order valence-electron chi connectivity index (χ4n) is 2.86. The Hall–Kier alpha value is -1.51. The van der Waals surface area contributed by atoms with E-state index in [9.17, 15) is 4.79 Å². The lowest BCUT2D eigenvalue weighted by Gasteiger charge is -2.24. The topological polar surface area (TPSA) is 20.3 Å². The molecule has 0 aromatic heterocycles. The molecule has 0 aliphatic rings. The molecule has 0 fully saturated rings. The van der Waals surface area contributed by atoms with Gasteiger partial charge in [0.15, 0.2) is 0 Å². The van der Waals surface area contributed by atoms with Crippen LogP contribution in [-0.4, -0.2) is 24.4 Å². The average Bonchev–Trinajstić information content (AvgIpc) is 2.53. The Bertz CT molecular complexity index is 722. The summed E-state index contributed by atoms with van der Waals surface area (Å²) in [5.41, 5.74) is 3.93. The Labute approximate surface area is 154 Å². The third kappa shape index (κ3) is 4.52. The van der Waals surface area contributed by atoms with Gasteiger partial charge in [0.25, 0.3) is 5.91 Å². The number of hydrogen-bond acceptors (Lipinski definition) is 1. The summed E-state index contributed by atoms with van der Waals surface area (Å²) in [6.07, 6.45) is 0.669. The van der Waals surface area contributed by atoms with Gasteiger partial charge in [0.05, 0.1) is 10.0 Å². The Kier molecular flexibility index (Phi) is 6.31. The molecule has 2 rings (SSSR count). The number of nitrogens with zero attached hydrogens (tertiary/aromatic N) is 1. The molecule has 0 saturated carbocycles. The minimum atomic E-state index is 0.0142. The van der Waals surface area contributed by atoms with E-state index in [-0.39, 0.29) is 11.8 Å². The Morgan fingerprint density at radius 2 is 1.71 bits per heavy atom. The lowest BCUT2D eigenvalue weighted by molar-refractivity contribution is 0.0786. The lowest BCUT2D eigenvalue weighted by Crippen LogP contribution is -2.31. The fraction of sp³-hybridized carbons (Fsp3) is 0.300. The first kappa shape index (κ1) is 18.8. The van der Waals surface area contributed by atoms with Gasteiger partial charge in [0, 0.05) is 25.1 Å². The molecule has 0 aliphatic carbocycles. The second kappa shape index (κ2) is 8.04. The molecule has 24 heavy (non-hydrogen) atoms. The van der Waals surface area contributed by atoms with Gasteiger partial charge >= 0.3 is 0 Å². The van der Waals surface area contributed by atoms with Gasteiger partial charge in [-0.1, -0.05) is 53.4 Å². The first-order valence-corrected chi connectivity index (χ1v) is 8.65. The van der Waals surface area contributed by atoms with E-state index in [0.717, 1.165) is 16.7 Å². The molecule has 0 heterocycles. The number of halogens is 2. The van der Waals surface area contributed by atoms with Crippen LogP contribution in [0.2, 0.25) is 10.0 Å². The van der Waals surface area contributed by atoms with Crippen molar-refractivity contribution in [2.24, 2.45) is 0 Å². The van der Waals surface area contributed by atoms with Crippen LogP contribution < -0.4 is 0 Å². The molecule has 0 saturated heterocycles. The highest BCUT2D eigenvalue weighted by Gasteiger charge is 2.18. The van der Waals surface area contributed by atoms with Crippen LogP contribution in [0.3, 0.4) is 0 Å². The van der Waals surface area contributed by atoms with Crippen LogP contribution in [0.15, 0.2) is 36.4 Å². The summed E-state index contributed by atoms with van der Waals surface area (Å²) >= 11 is 12.1. The van der Waals surface area contributed by atoms with Crippen LogP contribution in [0.25, 0.3) is 0 Å². The highest BCUT2D eigenvalue weighted by Crippen LogP contribution is 2.28. The van der Waals surface area contributed by atoms with Crippen molar-refractivity contribution in [3.63, 3.8) is 0 Å². The third-order valence-corrected chi connectivity index (χ3v) is 4.81. The molecule has 1 atom stereocenters. The van der Waals surface area contributed by atoms with E-state index in [2.05, 4.69) is 13.0 Å². The molecule has 0 unspecified atom stereocenters. The second-order valence-electron chi connectivity index (χ2n) is 6.22. The maximum Gasteiger partial charge on any atom is 0.253 e. The van der Waals surface area contributed by atoms with Gasteiger partial charge in [0.2, 0.25) is 0 Å². The molecule has 1 radical (unpaired) electrons. The van der Waals surface area contributed by atoms with Crippen molar-refractivity contribution in [1.29, 1.82) is 0 Å². The second-order valence-corrected chi connectivity index (χ2v) is 7.04. The molecule has 0 N–H and O–H groups in total. The number of likely N-dealkylation sites (N-methyl/N-ethyl adjacent to an activating group) is 1. The van der Waals surface area contributed by atoms with Crippen molar-refractivity contribution in [1.82, 2.24) is 4.90 Å². The van der Waals surface area contributed by atoms with E-state index in [1.165, 1.54) is 0 Å². The molecule has 2 aromatic carbocycles. The van der Waals surface area contributed by atoms with Gasteiger partial charge in [-0.25, -0.2) is 0 Å². The van der Waals surface area contributed by atoms with Crippen molar-refractivity contribution in [2.75, 3.05) is 13.6 Å². The average molecular weight is 363 g/mol. The van der Waals surface area contributed by atoms with E-state index in [4.69, 9.17) is 23.2 Å². The molecule has 4 heteroatoms. The minimum Gasteiger partial charge on any atom is -0.341 e. The molecule has 2 aromatic rings. The molecule has 0 bridgehead atoms. The standard InChI is InChI=1S/C20H22Cl2NO/c1-5-15(16-6-7-18(21)19(22)11-16)12-23(4)20(24)17-9-13(2)8-14(3)10-17/h6-11,15H,1,5,12H2,2-4H3/t15-/m1/s1. The van der Waals surface area contributed by atoms with Crippen molar-refractivity contribution in [3.05, 3.63) is 75.6 Å². The molecule has 127 valence electrons. The van der Waals surface area contributed by atoms with E-state index in [1.807, 2.05) is 45.2 Å². The molecule has 0 spiro atoms.